The third-order valence-corrected chi connectivity index (χ3v) is 5.07. The highest BCUT2D eigenvalue weighted by molar-refractivity contribution is 6.04. The van der Waals surface area contributed by atoms with E-state index < -0.39 is 5.41 Å². The van der Waals surface area contributed by atoms with Crippen LogP contribution in [0.15, 0.2) is 60.0 Å². The van der Waals surface area contributed by atoms with Crippen molar-refractivity contribution in [3.63, 3.8) is 0 Å². The van der Waals surface area contributed by atoms with Gasteiger partial charge in [-0.05, 0) is 35.9 Å². The lowest BCUT2D eigenvalue weighted by Crippen LogP contribution is -2.36. The number of hydrogen-bond acceptors (Lipinski definition) is 5. The number of aromatic nitrogens is 2. The zero-order valence-corrected chi connectivity index (χ0v) is 17.1. The second-order valence-corrected chi connectivity index (χ2v) is 8.17. The largest absolute Gasteiger partial charge is 0.497 e. The van der Waals surface area contributed by atoms with E-state index >= 15 is 0 Å². The second kappa shape index (κ2) is 7.28. The Kier molecular flexibility index (Phi) is 4.78. The first-order chi connectivity index (χ1) is 13.9. The van der Waals surface area contributed by atoms with Gasteiger partial charge in [0.2, 0.25) is 5.91 Å². The fraction of sp³-hybridized carbons (Fsp3) is 0.304. The van der Waals surface area contributed by atoms with Crippen molar-refractivity contribution >= 4 is 22.7 Å². The number of rotatable bonds is 3. The lowest BCUT2D eigenvalue weighted by Gasteiger charge is -2.28. The van der Waals surface area contributed by atoms with Crippen LogP contribution in [-0.4, -0.2) is 33.7 Å². The number of hydrazone groups is 1. The molecule has 2 aromatic carbocycles. The van der Waals surface area contributed by atoms with Crippen molar-refractivity contribution in [1.82, 2.24) is 15.0 Å². The average molecular weight is 388 g/mol. The molecule has 1 aliphatic heterocycles. The van der Waals surface area contributed by atoms with Crippen LogP contribution in [0.3, 0.4) is 0 Å². The molecule has 1 aromatic heterocycles. The van der Waals surface area contributed by atoms with Gasteiger partial charge < -0.3 is 4.74 Å². The topological polar surface area (TPSA) is 67.7 Å². The van der Waals surface area contributed by atoms with E-state index in [9.17, 15) is 4.79 Å². The molecule has 3 aromatic rings. The Hall–Kier alpha value is -3.28. The molecule has 148 valence electrons. The van der Waals surface area contributed by atoms with E-state index in [2.05, 4.69) is 9.97 Å². The van der Waals surface area contributed by atoms with Gasteiger partial charge in [-0.25, -0.2) is 5.01 Å². The maximum absolute atomic E-state index is 13.2. The monoisotopic (exact) mass is 388 g/mol. The van der Waals surface area contributed by atoms with Crippen LogP contribution >= 0.6 is 0 Å². The van der Waals surface area contributed by atoms with Crippen LogP contribution in [-0.2, 0) is 4.79 Å². The van der Waals surface area contributed by atoms with Crippen molar-refractivity contribution in [3.8, 4) is 5.75 Å². The molecule has 0 saturated heterocycles. The van der Waals surface area contributed by atoms with Crippen LogP contribution in [0.1, 0.15) is 44.4 Å². The minimum absolute atomic E-state index is 0.0214. The van der Waals surface area contributed by atoms with Gasteiger partial charge in [-0.2, -0.15) is 5.10 Å². The van der Waals surface area contributed by atoms with Crippen LogP contribution in [0.25, 0.3) is 11.0 Å². The summed E-state index contributed by atoms with van der Waals surface area (Å²) in [6.07, 6.45) is 3.98. The predicted octanol–water partition coefficient (Wildman–Crippen LogP) is 4.36. The second-order valence-electron chi connectivity index (χ2n) is 8.17. The molecule has 6 nitrogen and oxygen atoms in total. The number of nitrogens with zero attached hydrogens (tertiary/aromatic N) is 4. The molecule has 6 heteroatoms. The third-order valence-electron chi connectivity index (χ3n) is 5.07. The average Bonchev–Trinajstić information content (AvgIpc) is 3.17. The lowest BCUT2D eigenvalue weighted by molar-refractivity contribution is -0.141. The number of benzene rings is 2. The summed E-state index contributed by atoms with van der Waals surface area (Å²) >= 11 is 0. The molecule has 0 spiro atoms. The highest BCUT2D eigenvalue weighted by Crippen LogP contribution is 2.38. The molecule has 0 N–H and O–H groups in total. The quantitative estimate of drug-likeness (QED) is 0.668. The minimum atomic E-state index is -0.548. The minimum Gasteiger partial charge on any atom is -0.497 e. The van der Waals surface area contributed by atoms with E-state index in [-0.39, 0.29) is 11.9 Å². The summed E-state index contributed by atoms with van der Waals surface area (Å²) in [4.78, 5) is 22.2. The van der Waals surface area contributed by atoms with Crippen molar-refractivity contribution in [2.24, 2.45) is 10.5 Å². The summed E-state index contributed by atoms with van der Waals surface area (Å²) in [6, 6.07) is 13.4. The number of carbonyl (C=O) groups excluding carboxylic acids is 1. The predicted molar refractivity (Wildman–Crippen MR) is 113 cm³/mol. The Bertz CT molecular complexity index is 1080. The van der Waals surface area contributed by atoms with E-state index in [1.165, 1.54) is 0 Å². The Labute approximate surface area is 170 Å². The molecule has 0 saturated carbocycles. The van der Waals surface area contributed by atoms with Crippen molar-refractivity contribution in [2.45, 2.75) is 33.2 Å². The van der Waals surface area contributed by atoms with Crippen LogP contribution in [0.5, 0.6) is 5.75 Å². The number of fused-ring (bicyclic) bond motifs is 1. The molecule has 0 radical (unpaired) electrons. The highest BCUT2D eigenvalue weighted by Gasteiger charge is 2.38. The fourth-order valence-electron chi connectivity index (χ4n) is 3.53. The van der Waals surface area contributed by atoms with Crippen molar-refractivity contribution < 1.29 is 9.53 Å². The summed E-state index contributed by atoms with van der Waals surface area (Å²) < 4.78 is 5.25. The van der Waals surface area contributed by atoms with Crippen LogP contribution < -0.4 is 4.74 Å². The number of hydrogen-bond donors (Lipinski definition) is 0. The molecule has 1 unspecified atom stereocenters. The summed E-state index contributed by atoms with van der Waals surface area (Å²) in [5, 5.41) is 6.38. The molecule has 1 atom stereocenters. The van der Waals surface area contributed by atoms with Gasteiger partial charge in [-0.3, -0.25) is 14.8 Å². The summed E-state index contributed by atoms with van der Waals surface area (Å²) in [5.41, 5.74) is 3.87. The van der Waals surface area contributed by atoms with Gasteiger partial charge in [0.05, 0.1) is 29.9 Å². The van der Waals surface area contributed by atoms with Crippen LogP contribution in [0.4, 0.5) is 0 Å². The fourth-order valence-corrected chi connectivity index (χ4v) is 3.53. The molecule has 29 heavy (non-hydrogen) atoms. The smallest absolute Gasteiger partial charge is 0.248 e. The molecule has 0 fully saturated rings. The zero-order chi connectivity index (χ0) is 20.6. The van der Waals surface area contributed by atoms with E-state index in [0.29, 0.717) is 6.42 Å². The summed E-state index contributed by atoms with van der Waals surface area (Å²) in [5.74, 6) is 0.766. The molecular weight excluding hydrogens is 364 g/mol. The Morgan fingerprint density at radius 3 is 2.48 bits per heavy atom. The van der Waals surface area contributed by atoms with Gasteiger partial charge in [-0.15, -0.1) is 0 Å². The molecule has 1 amide bonds. The maximum Gasteiger partial charge on any atom is 0.248 e. The molecule has 2 heterocycles. The maximum atomic E-state index is 13.2. The molecule has 4 rings (SSSR count). The van der Waals surface area contributed by atoms with E-state index in [1.807, 2.05) is 63.2 Å². The lowest BCUT2D eigenvalue weighted by atomic mass is 9.92. The van der Waals surface area contributed by atoms with Gasteiger partial charge in [0.15, 0.2) is 0 Å². The Morgan fingerprint density at radius 2 is 1.79 bits per heavy atom. The van der Waals surface area contributed by atoms with Crippen LogP contribution in [0.2, 0.25) is 0 Å². The number of methoxy groups -OCH3 is 1. The summed E-state index contributed by atoms with van der Waals surface area (Å²) in [7, 11) is 1.64. The van der Waals surface area contributed by atoms with Crippen molar-refractivity contribution in [3.05, 3.63) is 66.0 Å². The standard InChI is InChI=1S/C23H24N4O2/c1-23(2,3)22(28)27-20(17-6-5-7-18-21(17)25-13-12-24-18)14-19(26-27)15-8-10-16(29-4)11-9-15/h5-13,20H,14H2,1-4H3. The van der Waals surface area contributed by atoms with Gasteiger partial charge >= 0.3 is 0 Å². The van der Waals surface area contributed by atoms with E-state index in [1.54, 1.807) is 24.5 Å². The first kappa shape index (κ1) is 19.1. The van der Waals surface area contributed by atoms with Gasteiger partial charge in [0.1, 0.15) is 5.75 Å². The van der Waals surface area contributed by atoms with Gasteiger partial charge in [0.25, 0.3) is 0 Å². The van der Waals surface area contributed by atoms with E-state index in [4.69, 9.17) is 9.84 Å². The van der Waals surface area contributed by atoms with Crippen molar-refractivity contribution in [2.75, 3.05) is 7.11 Å². The first-order valence-corrected chi connectivity index (χ1v) is 9.63. The Balaban J connectivity index is 1.79. The number of para-hydroxylation sites is 1. The first-order valence-electron chi connectivity index (χ1n) is 9.63. The SMILES string of the molecule is COc1ccc(C2=NN(C(=O)C(C)(C)C)C(c3cccc4nccnc34)C2)cc1. The molecule has 0 aliphatic carbocycles. The molecule has 0 bridgehead atoms. The van der Waals surface area contributed by atoms with Crippen LogP contribution in [0, 0.1) is 5.41 Å². The highest BCUT2D eigenvalue weighted by atomic mass is 16.5. The molecular formula is C23H24N4O2. The summed E-state index contributed by atoms with van der Waals surface area (Å²) in [6.45, 7) is 5.74. The van der Waals surface area contributed by atoms with Gasteiger partial charge in [-0.1, -0.05) is 32.9 Å². The Morgan fingerprint density at radius 1 is 1.07 bits per heavy atom. The number of amides is 1. The number of carbonyl (C=O) groups is 1. The number of ether oxygens (including phenoxy) is 1. The van der Waals surface area contributed by atoms with E-state index in [0.717, 1.165) is 33.6 Å². The van der Waals surface area contributed by atoms with Gasteiger partial charge in [0, 0.05) is 29.8 Å². The van der Waals surface area contributed by atoms with Crippen molar-refractivity contribution in [1.29, 1.82) is 0 Å². The molecule has 1 aliphatic rings. The third kappa shape index (κ3) is 3.58. The normalized spacial score (nSPS) is 16.8. The zero-order valence-electron chi connectivity index (χ0n) is 17.1.